The standard InChI is InChI=1S/2C8H11.Fe/c2*1-6-4-7(2)8(3)5-6;/h2*4-5H,1-3H3;. The van der Waals surface area contributed by atoms with E-state index in [0.717, 1.165) is 25.9 Å². The third-order valence-corrected chi connectivity index (χ3v) is 72.1. The van der Waals surface area contributed by atoms with Crippen LogP contribution in [0.1, 0.15) is 41.5 Å². The van der Waals surface area contributed by atoms with Crippen molar-refractivity contribution in [3.63, 3.8) is 0 Å². The predicted molar refractivity (Wildman–Crippen MR) is 65.2 cm³/mol. The molecule has 1 spiro atoms. The van der Waals surface area contributed by atoms with Crippen molar-refractivity contribution in [3.8, 4) is 0 Å². The summed E-state index contributed by atoms with van der Waals surface area (Å²) in [5, 5.41) is 0. The van der Waals surface area contributed by atoms with E-state index in [0.29, 0.717) is 0 Å². The van der Waals surface area contributed by atoms with Crippen molar-refractivity contribution in [1.29, 1.82) is 0 Å². The molecule has 0 nitrogen and oxygen atoms in total. The van der Waals surface area contributed by atoms with E-state index in [1.165, 1.54) is 19.3 Å². The van der Waals surface area contributed by atoms with Gasteiger partial charge in [0.05, 0.1) is 0 Å². The van der Waals surface area contributed by atoms with Gasteiger partial charge in [-0.1, -0.05) is 0 Å². The van der Waals surface area contributed by atoms with Crippen LogP contribution in [-0.4, -0.2) is 0 Å². The normalized spacial score (nSPS) is 141. The van der Waals surface area contributed by atoms with Crippen LogP contribution in [0.15, 0.2) is 0 Å². The summed E-state index contributed by atoms with van der Waals surface area (Å²) in [5.41, 5.74) is 0. The minimum absolute atomic E-state index is 0.981. The van der Waals surface area contributed by atoms with E-state index in [1.54, 1.807) is 0 Å². The van der Waals surface area contributed by atoms with Gasteiger partial charge in [0.25, 0.3) is 0 Å². The molecule has 10 rings (SSSR count). The summed E-state index contributed by atoms with van der Waals surface area (Å²) in [6.45, 7) is 13.8. The van der Waals surface area contributed by atoms with Crippen molar-refractivity contribution >= 4 is 0 Å². The first-order chi connectivity index (χ1) is 7.49. The molecule has 0 aromatic carbocycles. The Labute approximate surface area is 93.2 Å². The molecule has 8 atom stereocenters. The Kier molecular flexibility index (Phi) is 0.182. The Morgan fingerprint density at radius 1 is 0.529 bits per heavy atom. The molecule has 10 aliphatic heterocycles. The summed E-state index contributed by atoms with van der Waals surface area (Å²) >= 11 is 0. The van der Waals surface area contributed by atoms with Crippen molar-refractivity contribution in [2.75, 3.05) is 0 Å². The van der Waals surface area contributed by atoms with E-state index in [1.807, 2.05) is 0 Å². The van der Waals surface area contributed by atoms with E-state index >= 15 is 0 Å². The molecule has 94 valence electrons. The van der Waals surface area contributed by atoms with Crippen LogP contribution in [0, 0.1) is 0 Å². The van der Waals surface area contributed by atoms with Crippen molar-refractivity contribution in [3.05, 3.63) is 0 Å². The van der Waals surface area contributed by atoms with E-state index < -0.39 is 6.51 Å². The number of hydrogen-bond acceptors (Lipinski definition) is 0. The molecule has 17 heavy (non-hydrogen) atoms. The Hall–Kier alpha value is 0.519. The average molecular weight is 270 g/mol. The molecule has 0 aromatic rings. The van der Waals surface area contributed by atoms with Crippen LogP contribution in [0.2, 0.25) is 45.1 Å². The van der Waals surface area contributed by atoms with Gasteiger partial charge < -0.3 is 0 Å². The summed E-state index contributed by atoms with van der Waals surface area (Å²) in [6.07, 6.45) is 0. The van der Waals surface area contributed by atoms with Gasteiger partial charge in [-0.3, -0.25) is 0 Å². The molecule has 0 aromatic heterocycles. The Morgan fingerprint density at radius 3 is 0.765 bits per heavy atom. The van der Waals surface area contributed by atoms with Gasteiger partial charge in [-0.05, 0) is 0 Å². The van der Waals surface area contributed by atoms with Gasteiger partial charge in [-0.15, -0.1) is 0 Å². The number of rotatable bonds is 0. The fraction of sp³-hybridized carbons (Fsp3) is 1.00. The third kappa shape index (κ3) is 0.0443. The van der Waals surface area contributed by atoms with Crippen molar-refractivity contribution in [1.82, 2.24) is 0 Å². The monoisotopic (exact) mass is 270 g/mol. The molecule has 0 aliphatic carbocycles. The van der Waals surface area contributed by atoms with Crippen LogP contribution in [0.3, 0.4) is 0 Å². The number of fused-ring (bicyclic) bond motifs is 10. The van der Waals surface area contributed by atoms with Crippen molar-refractivity contribution in [2.24, 2.45) is 0 Å². The molecular formula is C16H22Fe. The molecule has 0 bridgehead atoms. The second-order valence-corrected chi connectivity index (χ2v) is 35.8. The fourth-order valence-electron chi connectivity index (χ4n) is 25.1. The van der Waals surface area contributed by atoms with Crippen LogP contribution in [0.4, 0.5) is 0 Å². The molecule has 0 radical (unpaired) electrons. The van der Waals surface area contributed by atoms with Crippen LogP contribution < -0.4 is 0 Å². The second kappa shape index (κ2) is 0.455. The van der Waals surface area contributed by atoms with Crippen molar-refractivity contribution in [2.45, 2.75) is 86.7 Å². The summed E-state index contributed by atoms with van der Waals surface area (Å²) in [6, 6.07) is 0. The van der Waals surface area contributed by atoms with Crippen LogP contribution in [0.5, 0.6) is 0 Å². The molecule has 10 fully saturated rings. The van der Waals surface area contributed by atoms with Crippen LogP contribution in [-0.2, 0) is 6.51 Å². The van der Waals surface area contributed by atoms with Gasteiger partial charge in [-0.25, -0.2) is 0 Å². The molecule has 1 heteroatoms. The van der Waals surface area contributed by atoms with E-state index in [-0.39, 0.29) is 0 Å². The molecule has 10 saturated heterocycles. The van der Waals surface area contributed by atoms with Gasteiger partial charge >= 0.3 is 93.2 Å². The summed E-state index contributed by atoms with van der Waals surface area (Å²) < 4.78 is 5.93. The molecule has 0 N–H and O–H groups in total. The Bertz CT molecular complexity index is 987. The minimum atomic E-state index is -3.29. The molecule has 10 heterocycles. The topological polar surface area (TPSA) is 0 Å². The van der Waals surface area contributed by atoms with Crippen LogP contribution in [0.25, 0.3) is 0 Å². The van der Waals surface area contributed by atoms with Gasteiger partial charge in [-0.2, -0.15) is 0 Å². The first-order valence-corrected chi connectivity index (χ1v) is 13.5. The molecule has 0 saturated carbocycles. The Balaban J connectivity index is 1.97. The van der Waals surface area contributed by atoms with Gasteiger partial charge in [0.1, 0.15) is 0 Å². The van der Waals surface area contributed by atoms with Gasteiger partial charge in [0.15, 0.2) is 0 Å². The van der Waals surface area contributed by atoms with Gasteiger partial charge in [0, 0.05) is 0 Å². The van der Waals surface area contributed by atoms with E-state index in [9.17, 15) is 0 Å². The predicted octanol–water partition coefficient (Wildman–Crippen LogP) is 5.72. The van der Waals surface area contributed by atoms with E-state index in [4.69, 9.17) is 0 Å². The zero-order chi connectivity index (χ0) is 11.6. The zero-order valence-electron chi connectivity index (χ0n) is 11.7. The average Bonchev–Trinajstić information content (AvgIpc) is 3.14. The summed E-state index contributed by atoms with van der Waals surface area (Å²) in [4.78, 5) is 5.42. The number of hydrogen-bond donors (Lipinski definition) is 0. The second-order valence-electron chi connectivity index (χ2n) is 12.3. The zero-order valence-corrected chi connectivity index (χ0v) is 12.8. The third-order valence-electron chi connectivity index (χ3n) is 19.8. The molecular weight excluding hydrogens is 248 g/mol. The summed E-state index contributed by atoms with van der Waals surface area (Å²) in [7, 11) is 0. The maximum absolute atomic E-state index is 3.29. The molecule has 10 aliphatic rings. The van der Waals surface area contributed by atoms with Gasteiger partial charge in [0.2, 0.25) is 0 Å². The summed E-state index contributed by atoms with van der Waals surface area (Å²) in [5.74, 6) is 0. The van der Waals surface area contributed by atoms with Crippen LogP contribution >= 0.6 is 0 Å². The molecule has 8 unspecified atom stereocenters. The van der Waals surface area contributed by atoms with Crippen molar-refractivity contribution < 1.29 is 6.51 Å². The molecule has 0 amide bonds. The van der Waals surface area contributed by atoms with E-state index in [2.05, 4.69) is 41.5 Å². The SMILES string of the molecule is C[C]12[CH]3[C]4(C)[C]5(C)[CH]1[Fe]32451678[CH]2[C]1(C)[CH]6[C]7(C)[C]28C. The first kappa shape index (κ1) is 6.80. The quantitative estimate of drug-likeness (QED) is 0.494. The Morgan fingerprint density at radius 2 is 0.765 bits per heavy atom. The first-order valence-electron chi connectivity index (χ1n) is 7.69. The fourth-order valence-corrected chi connectivity index (χ4v) is 117. The maximum atomic E-state index is 2.85.